The fourth-order valence-corrected chi connectivity index (χ4v) is 4.15. The van der Waals surface area contributed by atoms with Crippen molar-refractivity contribution in [3.63, 3.8) is 0 Å². The van der Waals surface area contributed by atoms with E-state index in [4.69, 9.17) is 0 Å². The normalized spacial score (nSPS) is 25.2. The van der Waals surface area contributed by atoms with E-state index in [0.29, 0.717) is 30.3 Å². The molecule has 2 aliphatic rings. The van der Waals surface area contributed by atoms with Crippen LogP contribution in [-0.2, 0) is 0 Å². The van der Waals surface area contributed by atoms with E-state index in [1.165, 1.54) is 18.2 Å². The summed E-state index contributed by atoms with van der Waals surface area (Å²) in [5.74, 6) is 0.740. The van der Waals surface area contributed by atoms with Crippen LogP contribution in [-0.4, -0.2) is 47.0 Å². The summed E-state index contributed by atoms with van der Waals surface area (Å²) >= 11 is 0. The molecule has 3 atom stereocenters. The molecule has 1 saturated carbocycles. The smallest absolute Gasteiger partial charge is 0.406 e. The van der Waals surface area contributed by atoms with Gasteiger partial charge in [-0.15, -0.1) is 13.2 Å². The van der Waals surface area contributed by atoms with E-state index in [9.17, 15) is 18.0 Å². The maximum absolute atomic E-state index is 12.3. The first-order chi connectivity index (χ1) is 13.3. The zero-order chi connectivity index (χ0) is 19.9. The van der Waals surface area contributed by atoms with E-state index in [1.807, 2.05) is 12.4 Å². The van der Waals surface area contributed by atoms with Gasteiger partial charge in [-0.25, -0.2) is 0 Å². The molecule has 2 heterocycles. The van der Waals surface area contributed by atoms with Gasteiger partial charge in [0.05, 0.1) is 6.20 Å². The molecule has 0 bridgehead atoms. The van der Waals surface area contributed by atoms with Gasteiger partial charge in [-0.1, -0.05) is 6.07 Å². The van der Waals surface area contributed by atoms with Crippen molar-refractivity contribution < 1.29 is 22.7 Å². The fourth-order valence-electron chi connectivity index (χ4n) is 4.15. The highest BCUT2D eigenvalue weighted by Gasteiger charge is 2.55. The second-order valence-electron chi connectivity index (χ2n) is 7.44. The molecule has 2 N–H and O–H groups in total. The second kappa shape index (κ2) is 7.12. The van der Waals surface area contributed by atoms with Crippen LogP contribution >= 0.6 is 0 Å². The van der Waals surface area contributed by atoms with E-state index in [0.717, 1.165) is 24.7 Å². The molecule has 0 radical (unpaired) electrons. The van der Waals surface area contributed by atoms with Crippen LogP contribution in [0.4, 0.5) is 13.2 Å². The molecule has 150 valence electrons. The number of hydrogen-bond acceptors (Lipinski definition) is 4. The Morgan fingerprint density at radius 3 is 2.79 bits per heavy atom. The molecule has 1 aromatic heterocycles. The van der Waals surface area contributed by atoms with Crippen molar-refractivity contribution in [2.75, 3.05) is 19.6 Å². The number of H-pyrrole nitrogens is 1. The fraction of sp³-hybridized carbons (Fsp3) is 0.474. The van der Waals surface area contributed by atoms with E-state index < -0.39 is 12.1 Å². The second-order valence-corrected chi connectivity index (χ2v) is 7.44. The summed E-state index contributed by atoms with van der Waals surface area (Å²) in [7, 11) is 0. The average molecular weight is 394 g/mol. The van der Waals surface area contributed by atoms with E-state index in [1.54, 1.807) is 0 Å². The van der Waals surface area contributed by atoms with Crippen molar-refractivity contribution in [1.82, 2.24) is 20.4 Å². The number of aromatic amines is 1. The van der Waals surface area contributed by atoms with Crippen molar-refractivity contribution in [2.45, 2.75) is 19.3 Å². The molecule has 28 heavy (non-hydrogen) atoms. The predicted octanol–water partition coefficient (Wildman–Crippen LogP) is 2.98. The lowest BCUT2D eigenvalue weighted by Crippen LogP contribution is -2.32. The topological polar surface area (TPSA) is 70.2 Å². The van der Waals surface area contributed by atoms with Gasteiger partial charge in [-0.05, 0) is 42.9 Å². The minimum Gasteiger partial charge on any atom is -0.406 e. The lowest BCUT2D eigenvalue weighted by Gasteiger charge is -2.26. The van der Waals surface area contributed by atoms with E-state index >= 15 is 0 Å². The standard InChI is InChI=1S/C19H21F3N4O2/c1-11(13-6-24-25-7-13)26-9-16-15(17(16)10-26)8-23-18(27)12-3-2-4-14(5-12)28-19(20,21)22/h2-7,11,15-17H,8-10H2,1H3,(H,23,27)(H,24,25). The Morgan fingerprint density at radius 1 is 1.39 bits per heavy atom. The largest absolute Gasteiger partial charge is 0.573 e. The molecular formula is C19H21F3N4O2. The number of piperidine rings is 1. The number of halogens is 3. The first-order valence-corrected chi connectivity index (χ1v) is 9.18. The third kappa shape index (κ3) is 3.99. The van der Waals surface area contributed by atoms with Crippen LogP contribution in [0.2, 0.25) is 0 Å². The molecule has 1 aliphatic heterocycles. The number of likely N-dealkylation sites (tertiary alicyclic amines) is 1. The van der Waals surface area contributed by atoms with Crippen LogP contribution in [0.1, 0.15) is 28.9 Å². The van der Waals surface area contributed by atoms with Crippen molar-refractivity contribution in [2.24, 2.45) is 17.8 Å². The highest BCUT2D eigenvalue weighted by Crippen LogP contribution is 2.52. The summed E-state index contributed by atoms with van der Waals surface area (Å²) in [6, 6.07) is 5.42. The number of amides is 1. The van der Waals surface area contributed by atoms with Crippen LogP contribution in [0.15, 0.2) is 36.7 Å². The van der Waals surface area contributed by atoms with Gasteiger partial charge in [0.1, 0.15) is 5.75 Å². The Kier molecular flexibility index (Phi) is 4.78. The third-order valence-electron chi connectivity index (χ3n) is 5.78. The summed E-state index contributed by atoms with van der Waals surface area (Å²) in [5.41, 5.74) is 1.31. The molecule has 3 unspecified atom stereocenters. The van der Waals surface area contributed by atoms with Gasteiger partial charge >= 0.3 is 6.36 Å². The van der Waals surface area contributed by atoms with Gasteiger partial charge < -0.3 is 10.1 Å². The molecule has 2 aromatic rings. The lowest BCUT2D eigenvalue weighted by atomic mass is 10.1. The van der Waals surface area contributed by atoms with Crippen molar-refractivity contribution >= 4 is 5.91 Å². The minimum absolute atomic E-state index is 0.155. The van der Waals surface area contributed by atoms with Gasteiger partial charge in [0.2, 0.25) is 0 Å². The lowest BCUT2D eigenvalue weighted by molar-refractivity contribution is -0.274. The number of rotatable bonds is 6. The van der Waals surface area contributed by atoms with Crippen LogP contribution in [0.5, 0.6) is 5.75 Å². The number of hydrogen-bond donors (Lipinski definition) is 2. The number of nitrogens with one attached hydrogen (secondary N) is 2. The number of fused-ring (bicyclic) bond motifs is 1. The molecule has 1 saturated heterocycles. The number of benzene rings is 1. The number of aromatic nitrogens is 2. The molecule has 9 heteroatoms. The van der Waals surface area contributed by atoms with Gasteiger partial charge in [0, 0.05) is 43.0 Å². The summed E-state index contributed by atoms with van der Waals surface area (Å²) in [5, 5.41) is 9.67. The van der Waals surface area contributed by atoms with Crippen LogP contribution in [0, 0.1) is 17.8 Å². The Balaban J connectivity index is 1.26. The zero-order valence-electron chi connectivity index (χ0n) is 15.2. The summed E-state index contributed by atoms with van der Waals surface area (Å²) in [6.45, 7) is 4.65. The Bertz CT molecular complexity index is 828. The molecule has 6 nitrogen and oxygen atoms in total. The first kappa shape index (κ1) is 18.8. The van der Waals surface area contributed by atoms with E-state index in [2.05, 4.69) is 32.1 Å². The van der Waals surface area contributed by atoms with Crippen molar-refractivity contribution in [3.05, 3.63) is 47.8 Å². The van der Waals surface area contributed by atoms with Crippen molar-refractivity contribution in [3.8, 4) is 5.75 Å². The number of ether oxygens (including phenoxy) is 1. The molecule has 2 fully saturated rings. The molecule has 1 amide bonds. The average Bonchev–Trinajstić information content (AvgIpc) is 3.05. The van der Waals surface area contributed by atoms with Crippen LogP contribution in [0.3, 0.4) is 0 Å². The molecule has 0 spiro atoms. The Labute approximate surface area is 160 Å². The minimum atomic E-state index is -4.78. The number of nitrogens with zero attached hydrogens (tertiary/aromatic N) is 2. The Hall–Kier alpha value is -2.55. The number of carbonyl (C=O) groups excluding carboxylic acids is 1. The number of alkyl halides is 3. The first-order valence-electron chi connectivity index (χ1n) is 9.18. The van der Waals surface area contributed by atoms with Crippen LogP contribution < -0.4 is 10.1 Å². The van der Waals surface area contributed by atoms with E-state index in [-0.39, 0.29) is 11.5 Å². The quantitative estimate of drug-likeness (QED) is 0.790. The van der Waals surface area contributed by atoms with Gasteiger partial charge in [0.25, 0.3) is 5.91 Å². The number of carbonyl (C=O) groups is 1. The molecular weight excluding hydrogens is 373 g/mol. The summed E-state index contributed by atoms with van der Waals surface area (Å²) in [4.78, 5) is 14.7. The summed E-state index contributed by atoms with van der Waals surface area (Å²) < 4.78 is 40.8. The SMILES string of the molecule is CC(c1cn[nH]c1)N1CC2C(CNC(=O)c3cccc(OC(F)(F)F)c3)C2C1. The molecule has 4 rings (SSSR count). The van der Waals surface area contributed by atoms with Crippen LogP contribution in [0.25, 0.3) is 0 Å². The van der Waals surface area contributed by atoms with Crippen molar-refractivity contribution in [1.29, 1.82) is 0 Å². The highest BCUT2D eigenvalue weighted by atomic mass is 19.4. The zero-order valence-corrected chi connectivity index (χ0v) is 15.2. The monoisotopic (exact) mass is 394 g/mol. The Morgan fingerprint density at radius 2 is 2.14 bits per heavy atom. The molecule has 1 aromatic carbocycles. The third-order valence-corrected chi connectivity index (χ3v) is 5.78. The maximum atomic E-state index is 12.3. The predicted molar refractivity (Wildman–Crippen MR) is 94.5 cm³/mol. The highest BCUT2D eigenvalue weighted by molar-refractivity contribution is 5.94. The molecule has 1 aliphatic carbocycles. The summed E-state index contributed by atoms with van der Waals surface area (Å²) in [6.07, 6.45) is -1.04. The van der Waals surface area contributed by atoms with Gasteiger partial charge in [-0.3, -0.25) is 14.8 Å². The van der Waals surface area contributed by atoms with Gasteiger partial charge in [-0.2, -0.15) is 5.10 Å². The maximum Gasteiger partial charge on any atom is 0.573 e. The van der Waals surface area contributed by atoms with Gasteiger partial charge in [0.15, 0.2) is 0 Å².